The molecule has 0 unspecified atom stereocenters. The van der Waals surface area contributed by atoms with Gasteiger partial charge in [0, 0.05) is 17.0 Å². The summed E-state index contributed by atoms with van der Waals surface area (Å²) in [4.78, 5) is 11.6. The lowest BCUT2D eigenvalue weighted by molar-refractivity contribution is 0.0982. The molecule has 0 radical (unpaired) electrons. The van der Waals surface area contributed by atoms with Gasteiger partial charge >= 0.3 is 0 Å². The summed E-state index contributed by atoms with van der Waals surface area (Å²) in [6, 6.07) is 5.63. The van der Waals surface area contributed by atoms with Crippen LogP contribution in [0.3, 0.4) is 0 Å². The average Bonchev–Trinajstić information content (AvgIpc) is 2.29. The number of hydrogen-bond donors (Lipinski definition) is 0. The highest BCUT2D eigenvalue weighted by Crippen LogP contribution is 2.23. The molecule has 0 spiro atoms. The molecule has 1 aliphatic carbocycles. The maximum Gasteiger partial charge on any atom is 0.163 e. The van der Waals surface area contributed by atoms with Crippen LogP contribution in [0.15, 0.2) is 18.2 Å². The van der Waals surface area contributed by atoms with E-state index in [0.29, 0.717) is 11.4 Å². The second kappa shape index (κ2) is 3.51. The highest BCUT2D eigenvalue weighted by atomic mass is 35.5. The normalized spacial score (nSPS) is 16.5. The molecule has 68 valence electrons. The first-order valence-electron chi connectivity index (χ1n) is 4.59. The van der Waals surface area contributed by atoms with Crippen molar-refractivity contribution in [1.82, 2.24) is 0 Å². The van der Waals surface area contributed by atoms with Crippen LogP contribution < -0.4 is 0 Å². The van der Waals surface area contributed by atoms with Gasteiger partial charge in [0.15, 0.2) is 5.78 Å². The molecule has 0 heterocycles. The monoisotopic (exact) mass is 194 g/mol. The van der Waals surface area contributed by atoms with Gasteiger partial charge in [-0.15, -0.1) is 0 Å². The number of fused-ring (bicyclic) bond motifs is 1. The topological polar surface area (TPSA) is 17.1 Å². The van der Waals surface area contributed by atoms with Gasteiger partial charge in [0.05, 0.1) is 0 Å². The number of ketones is 1. The van der Waals surface area contributed by atoms with E-state index in [9.17, 15) is 4.79 Å². The molecule has 2 heteroatoms. The Morgan fingerprint density at radius 2 is 1.92 bits per heavy atom. The van der Waals surface area contributed by atoms with Gasteiger partial charge in [-0.05, 0) is 37.0 Å². The molecule has 0 bridgehead atoms. The van der Waals surface area contributed by atoms with Crippen molar-refractivity contribution in [3.05, 3.63) is 34.3 Å². The average molecular weight is 195 g/mol. The first-order valence-corrected chi connectivity index (χ1v) is 4.97. The molecule has 0 N–H and O–H groups in total. The van der Waals surface area contributed by atoms with E-state index in [4.69, 9.17) is 11.6 Å². The van der Waals surface area contributed by atoms with E-state index in [1.54, 1.807) is 6.07 Å². The fourth-order valence-corrected chi connectivity index (χ4v) is 1.93. The fourth-order valence-electron chi connectivity index (χ4n) is 1.76. The van der Waals surface area contributed by atoms with E-state index in [2.05, 4.69) is 0 Å². The third-order valence-electron chi connectivity index (χ3n) is 2.47. The smallest absolute Gasteiger partial charge is 0.163 e. The Labute approximate surface area is 82.7 Å². The highest BCUT2D eigenvalue weighted by Gasteiger charge is 2.14. The van der Waals surface area contributed by atoms with Crippen LogP contribution in [0.25, 0.3) is 0 Å². The van der Waals surface area contributed by atoms with Crippen LogP contribution >= 0.6 is 11.6 Å². The number of rotatable bonds is 0. The summed E-state index contributed by atoms with van der Waals surface area (Å²) in [5.74, 6) is 0.245. The molecule has 0 atom stereocenters. The number of hydrogen-bond acceptors (Lipinski definition) is 1. The summed E-state index contributed by atoms with van der Waals surface area (Å²) in [5, 5.41) is 0.661. The Morgan fingerprint density at radius 3 is 2.77 bits per heavy atom. The van der Waals surface area contributed by atoms with Crippen molar-refractivity contribution in [2.45, 2.75) is 25.7 Å². The van der Waals surface area contributed by atoms with E-state index in [-0.39, 0.29) is 5.78 Å². The molecule has 0 aromatic heterocycles. The van der Waals surface area contributed by atoms with Gasteiger partial charge in [0.2, 0.25) is 0 Å². The maximum absolute atomic E-state index is 11.6. The lowest BCUT2D eigenvalue weighted by atomic mass is 10.0. The summed E-state index contributed by atoms with van der Waals surface area (Å²) in [7, 11) is 0. The highest BCUT2D eigenvalue weighted by molar-refractivity contribution is 6.31. The first kappa shape index (κ1) is 8.76. The van der Waals surface area contributed by atoms with E-state index in [0.717, 1.165) is 30.4 Å². The molecule has 0 fully saturated rings. The van der Waals surface area contributed by atoms with Crippen molar-refractivity contribution in [2.24, 2.45) is 0 Å². The van der Waals surface area contributed by atoms with Crippen LogP contribution in [-0.4, -0.2) is 5.78 Å². The van der Waals surface area contributed by atoms with Gasteiger partial charge in [-0.3, -0.25) is 4.79 Å². The zero-order valence-electron chi connectivity index (χ0n) is 7.35. The zero-order valence-corrected chi connectivity index (χ0v) is 8.10. The molecule has 13 heavy (non-hydrogen) atoms. The number of benzene rings is 1. The molecule has 0 aliphatic heterocycles. The molecule has 1 aliphatic rings. The standard InChI is InChI=1S/C11H11ClO/c12-9-6-5-8-3-1-2-4-11(13)10(8)7-9/h5-7H,1-4H2. The van der Waals surface area contributed by atoms with Gasteiger partial charge in [0.1, 0.15) is 0 Å². The summed E-state index contributed by atoms with van der Waals surface area (Å²) in [6.45, 7) is 0. The van der Waals surface area contributed by atoms with E-state index < -0.39 is 0 Å². The maximum atomic E-state index is 11.6. The Morgan fingerprint density at radius 1 is 1.15 bits per heavy atom. The molecule has 0 amide bonds. The number of aryl methyl sites for hydroxylation is 1. The lowest BCUT2D eigenvalue weighted by Gasteiger charge is -2.03. The molecule has 1 aromatic rings. The molecule has 0 saturated heterocycles. The minimum atomic E-state index is 0.245. The predicted molar refractivity (Wildman–Crippen MR) is 53.3 cm³/mol. The zero-order chi connectivity index (χ0) is 9.26. The molecule has 1 aromatic carbocycles. The van der Waals surface area contributed by atoms with E-state index in [1.807, 2.05) is 12.1 Å². The molecular formula is C11H11ClO. The minimum absolute atomic E-state index is 0.245. The van der Waals surface area contributed by atoms with Crippen LogP contribution in [0, 0.1) is 0 Å². The van der Waals surface area contributed by atoms with Gasteiger partial charge in [0.25, 0.3) is 0 Å². The number of Topliss-reactive ketones (excluding diaryl/α,β-unsaturated/α-hetero) is 1. The van der Waals surface area contributed by atoms with Crippen LogP contribution in [0.2, 0.25) is 5.02 Å². The summed E-state index contributed by atoms with van der Waals surface area (Å²) in [5.41, 5.74) is 2.00. The van der Waals surface area contributed by atoms with Crippen LogP contribution in [0.4, 0.5) is 0 Å². The second-order valence-corrected chi connectivity index (χ2v) is 3.87. The SMILES string of the molecule is O=C1CCCCc2ccc(Cl)cc21. The van der Waals surface area contributed by atoms with Crippen LogP contribution in [0.1, 0.15) is 35.2 Å². The largest absolute Gasteiger partial charge is 0.294 e. The van der Waals surface area contributed by atoms with Crippen molar-refractivity contribution in [1.29, 1.82) is 0 Å². The molecular weight excluding hydrogens is 184 g/mol. The van der Waals surface area contributed by atoms with Crippen molar-refractivity contribution in [2.75, 3.05) is 0 Å². The van der Waals surface area contributed by atoms with Crippen molar-refractivity contribution in [3.8, 4) is 0 Å². The number of halogens is 1. The molecule has 0 saturated carbocycles. The van der Waals surface area contributed by atoms with Gasteiger partial charge in [-0.2, -0.15) is 0 Å². The third-order valence-corrected chi connectivity index (χ3v) is 2.71. The van der Waals surface area contributed by atoms with Crippen molar-refractivity contribution in [3.63, 3.8) is 0 Å². The Kier molecular flexibility index (Phi) is 2.36. The Balaban J connectivity index is 2.49. The lowest BCUT2D eigenvalue weighted by Crippen LogP contribution is -1.99. The summed E-state index contributed by atoms with van der Waals surface area (Å²) in [6.07, 6.45) is 3.80. The van der Waals surface area contributed by atoms with Gasteiger partial charge < -0.3 is 0 Å². The second-order valence-electron chi connectivity index (χ2n) is 3.43. The Hall–Kier alpha value is -0.820. The minimum Gasteiger partial charge on any atom is -0.294 e. The van der Waals surface area contributed by atoms with E-state index >= 15 is 0 Å². The van der Waals surface area contributed by atoms with Crippen molar-refractivity contribution >= 4 is 17.4 Å². The summed E-state index contributed by atoms with van der Waals surface area (Å²) < 4.78 is 0. The third kappa shape index (κ3) is 1.75. The van der Waals surface area contributed by atoms with Gasteiger partial charge in [-0.1, -0.05) is 17.7 Å². The first-order chi connectivity index (χ1) is 6.27. The Bertz CT molecular complexity index is 344. The van der Waals surface area contributed by atoms with Crippen LogP contribution in [0.5, 0.6) is 0 Å². The number of carbonyl (C=O) groups is 1. The van der Waals surface area contributed by atoms with Crippen LogP contribution in [-0.2, 0) is 6.42 Å². The fraction of sp³-hybridized carbons (Fsp3) is 0.364. The van der Waals surface area contributed by atoms with E-state index in [1.165, 1.54) is 0 Å². The molecule has 1 nitrogen and oxygen atoms in total. The van der Waals surface area contributed by atoms with Gasteiger partial charge in [-0.25, -0.2) is 0 Å². The predicted octanol–water partition coefficient (Wildman–Crippen LogP) is 3.25. The summed E-state index contributed by atoms with van der Waals surface area (Å²) >= 11 is 5.84. The quantitative estimate of drug-likeness (QED) is 0.580. The molecule has 2 rings (SSSR count). The number of carbonyl (C=O) groups excluding carboxylic acids is 1. The van der Waals surface area contributed by atoms with Crippen molar-refractivity contribution < 1.29 is 4.79 Å².